The molecule has 1 aromatic carbocycles. The van der Waals surface area contributed by atoms with E-state index in [0.717, 1.165) is 5.56 Å². The van der Waals surface area contributed by atoms with Crippen LogP contribution in [0.2, 0.25) is 0 Å². The van der Waals surface area contributed by atoms with Gasteiger partial charge in [0.2, 0.25) is 0 Å². The average Bonchev–Trinajstić information content (AvgIpc) is 2.25. The molecule has 0 saturated carbocycles. The zero-order chi connectivity index (χ0) is 11.3. The third-order valence-corrected chi connectivity index (χ3v) is 2.16. The van der Waals surface area contributed by atoms with E-state index in [1.165, 1.54) is 0 Å². The minimum atomic E-state index is -0.239. The van der Waals surface area contributed by atoms with Crippen LogP contribution in [0.1, 0.15) is 5.56 Å². The molecule has 4 nitrogen and oxygen atoms in total. The summed E-state index contributed by atoms with van der Waals surface area (Å²) in [6.45, 7) is 0.449. The molecule has 0 unspecified atom stereocenters. The highest BCUT2D eigenvalue weighted by atomic mass is 79.9. The van der Waals surface area contributed by atoms with Gasteiger partial charge in [-0.05, 0) is 17.7 Å². The van der Waals surface area contributed by atoms with Gasteiger partial charge in [0.15, 0.2) is 11.5 Å². The van der Waals surface area contributed by atoms with Crippen molar-refractivity contribution in [2.24, 2.45) is 0 Å². The maximum atomic E-state index is 10.6. The lowest BCUT2D eigenvalue weighted by atomic mass is 10.2. The van der Waals surface area contributed by atoms with E-state index in [1.54, 1.807) is 20.3 Å². The van der Waals surface area contributed by atoms with Gasteiger partial charge in [-0.15, -0.1) is 0 Å². The summed E-state index contributed by atoms with van der Waals surface area (Å²) in [4.78, 5) is 10.4. The summed E-state index contributed by atoms with van der Waals surface area (Å²) in [5.74, 6) is 1.32. The van der Waals surface area contributed by atoms with Crippen LogP contribution in [0.5, 0.6) is 11.5 Å². The lowest BCUT2D eigenvalue weighted by Gasteiger charge is -2.09. The number of carbonyl (C=O) groups excluding carboxylic acids is 1. The van der Waals surface area contributed by atoms with Gasteiger partial charge in [-0.25, -0.2) is 0 Å². The van der Waals surface area contributed by atoms with Crippen LogP contribution in [0, 0.1) is 0 Å². The van der Waals surface area contributed by atoms with Crippen molar-refractivity contribution >= 4 is 20.7 Å². The van der Waals surface area contributed by atoms with Crippen LogP contribution in [0.4, 0.5) is 4.79 Å². The van der Waals surface area contributed by atoms with Crippen LogP contribution in [-0.4, -0.2) is 19.0 Å². The van der Waals surface area contributed by atoms with Crippen LogP contribution >= 0.6 is 15.9 Å². The Kier molecular flexibility index (Phi) is 4.42. The average molecular weight is 274 g/mol. The first-order valence-corrected chi connectivity index (χ1v) is 5.11. The molecule has 0 spiro atoms. The normalized spacial score (nSPS) is 9.53. The molecular weight excluding hydrogens is 262 g/mol. The minimum Gasteiger partial charge on any atom is -0.493 e. The van der Waals surface area contributed by atoms with Crippen molar-refractivity contribution in [2.75, 3.05) is 14.2 Å². The number of ether oxygens (including phenoxy) is 2. The molecule has 0 aliphatic heterocycles. The predicted molar refractivity (Wildman–Crippen MR) is 60.7 cm³/mol. The topological polar surface area (TPSA) is 47.6 Å². The quantitative estimate of drug-likeness (QED) is 0.677. The van der Waals surface area contributed by atoms with E-state index < -0.39 is 0 Å². The Morgan fingerprint density at radius 2 is 2.00 bits per heavy atom. The van der Waals surface area contributed by atoms with Gasteiger partial charge in [-0.1, -0.05) is 6.07 Å². The highest BCUT2D eigenvalue weighted by Crippen LogP contribution is 2.27. The fourth-order valence-electron chi connectivity index (χ4n) is 1.16. The fourth-order valence-corrected chi connectivity index (χ4v) is 1.30. The maximum Gasteiger partial charge on any atom is 0.287 e. The van der Waals surface area contributed by atoms with E-state index in [4.69, 9.17) is 9.47 Å². The largest absolute Gasteiger partial charge is 0.493 e. The molecule has 82 valence electrons. The second-order valence-electron chi connectivity index (χ2n) is 2.82. The number of amides is 1. The molecule has 0 aliphatic carbocycles. The monoisotopic (exact) mass is 273 g/mol. The van der Waals surface area contributed by atoms with Crippen molar-refractivity contribution in [3.8, 4) is 11.5 Å². The van der Waals surface area contributed by atoms with Crippen molar-refractivity contribution < 1.29 is 14.3 Å². The van der Waals surface area contributed by atoms with E-state index in [0.29, 0.717) is 18.0 Å². The maximum absolute atomic E-state index is 10.6. The molecule has 1 amide bonds. The number of halogens is 1. The Labute approximate surface area is 96.7 Å². The first-order valence-electron chi connectivity index (χ1n) is 4.31. The molecule has 5 heteroatoms. The molecule has 0 fully saturated rings. The van der Waals surface area contributed by atoms with Gasteiger partial charge in [0.1, 0.15) is 0 Å². The van der Waals surface area contributed by atoms with Crippen LogP contribution in [-0.2, 0) is 6.54 Å². The summed E-state index contributed by atoms with van der Waals surface area (Å²) in [7, 11) is 3.16. The number of methoxy groups -OCH3 is 2. The first kappa shape index (κ1) is 11.8. The molecule has 0 heterocycles. The molecule has 1 aromatic rings. The van der Waals surface area contributed by atoms with Gasteiger partial charge in [0.25, 0.3) is 4.82 Å². The molecule has 0 aromatic heterocycles. The number of benzene rings is 1. The van der Waals surface area contributed by atoms with E-state index in [2.05, 4.69) is 21.2 Å². The zero-order valence-electron chi connectivity index (χ0n) is 8.54. The second-order valence-corrected chi connectivity index (χ2v) is 3.54. The van der Waals surface area contributed by atoms with Crippen LogP contribution < -0.4 is 14.8 Å². The molecule has 0 radical (unpaired) electrons. The van der Waals surface area contributed by atoms with E-state index in [9.17, 15) is 4.79 Å². The Morgan fingerprint density at radius 3 is 2.53 bits per heavy atom. The fraction of sp³-hybridized carbons (Fsp3) is 0.300. The van der Waals surface area contributed by atoms with E-state index in [1.807, 2.05) is 12.1 Å². The molecule has 0 aliphatic rings. The van der Waals surface area contributed by atoms with E-state index >= 15 is 0 Å². The van der Waals surface area contributed by atoms with Gasteiger partial charge in [-0.2, -0.15) is 0 Å². The summed E-state index contributed by atoms with van der Waals surface area (Å²) in [5, 5.41) is 2.63. The smallest absolute Gasteiger partial charge is 0.287 e. The van der Waals surface area contributed by atoms with Gasteiger partial charge in [0.05, 0.1) is 14.2 Å². The lowest BCUT2D eigenvalue weighted by Crippen LogP contribution is -2.14. The number of hydrogen-bond donors (Lipinski definition) is 1. The standard InChI is InChI=1S/C10H12BrNO3/c1-14-8-4-3-7(5-9(8)15-2)6-12-10(11)13/h3-5H,6H2,1-2H3,(H,12,13). The molecule has 1 N–H and O–H groups in total. The molecule has 1 rings (SSSR count). The van der Waals surface area contributed by atoms with E-state index in [-0.39, 0.29) is 4.82 Å². The van der Waals surface area contributed by atoms with Gasteiger partial charge >= 0.3 is 0 Å². The molecular formula is C10H12BrNO3. The number of rotatable bonds is 4. The van der Waals surface area contributed by atoms with Crippen molar-refractivity contribution in [3.05, 3.63) is 23.8 Å². The Balaban J connectivity index is 2.78. The number of nitrogens with one attached hydrogen (secondary N) is 1. The SMILES string of the molecule is COc1ccc(CNC(=O)Br)cc1OC. The summed E-state index contributed by atoms with van der Waals surface area (Å²) in [6, 6.07) is 5.49. The third kappa shape index (κ3) is 3.43. The van der Waals surface area contributed by atoms with Crippen LogP contribution in [0.15, 0.2) is 18.2 Å². The van der Waals surface area contributed by atoms with Crippen molar-refractivity contribution in [1.82, 2.24) is 5.32 Å². The van der Waals surface area contributed by atoms with Crippen molar-refractivity contribution in [1.29, 1.82) is 0 Å². The molecule has 0 atom stereocenters. The van der Waals surface area contributed by atoms with Gasteiger partial charge in [-0.3, -0.25) is 4.79 Å². The van der Waals surface area contributed by atoms with Crippen molar-refractivity contribution in [2.45, 2.75) is 6.54 Å². The minimum absolute atomic E-state index is 0.239. The summed E-state index contributed by atoms with van der Waals surface area (Å²) >= 11 is 2.79. The van der Waals surface area contributed by atoms with Crippen LogP contribution in [0.3, 0.4) is 0 Å². The molecule has 0 bridgehead atoms. The predicted octanol–water partition coefficient (Wildman–Crippen LogP) is 2.31. The van der Waals surface area contributed by atoms with Crippen LogP contribution in [0.25, 0.3) is 0 Å². The number of hydrogen-bond acceptors (Lipinski definition) is 3. The third-order valence-electron chi connectivity index (χ3n) is 1.88. The highest BCUT2D eigenvalue weighted by molar-refractivity contribution is 9.18. The summed E-state index contributed by atoms with van der Waals surface area (Å²) < 4.78 is 10.2. The molecule has 0 saturated heterocycles. The summed E-state index contributed by atoms with van der Waals surface area (Å²) in [5.41, 5.74) is 0.945. The second kappa shape index (κ2) is 5.60. The Hall–Kier alpha value is -1.23. The van der Waals surface area contributed by atoms with Gasteiger partial charge < -0.3 is 14.8 Å². The van der Waals surface area contributed by atoms with Gasteiger partial charge in [0, 0.05) is 22.5 Å². The Morgan fingerprint density at radius 1 is 1.33 bits per heavy atom. The molecule has 15 heavy (non-hydrogen) atoms. The lowest BCUT2D eigenvalue weighted by molar-refractivity contribution is 0.261. The number of carbonyl (C=O) groups is 1. The highest BCUT2D eigenvalue weighted by Gasteiger charge is 2.04. The Bertz CT molecular complexity index is 355. The summed E-state index contributed by atoms with van der Waals surface area (Å²) in [6.07, 6.45) is 0. The zero-order valence-corrected chi connectivity index (χ0v) is 10.1. The first-order chi connectivity index (χ1) is 7.17. The van der Waals surface area contributed by atoms with Crippen molar-refractivity contribution in [3.63, 3.8) is 0 Å².